The molecule has 2 aromatic heterocycles. The zero-order valence-electron chi connectivity index (χ0n) is 15.1. The van der Waals surface area contributed by atoms with Gasteiger partial charge in [-0.25, -0.2) is 9.18 Å². The standard InChI is InChI=1S/C17H14ClFN8O3/c18-10-6-9(1-2-11(10)19)22-15-24-13-8(5-12-14(29)25-17(30)23-12)7-21-27(13)16(26-15)20-3-4-28/h1-2,5-7,28H,3-4H2,(H2,20,22,24,26)(H2,23,25,29,30)/b12-5-. The minimum absolute atomic E-state index is 0.0400. The number of carbonyl (C=O) groups excluding carboxylic acids is 2. The van der Waals surface area contributed by atoms with E-state index < -0.39 is 17.8 Å². The number of aromatic nitrogens is 4. The lowest BCUT2D eigenvalue weighted by atomic mass is 10.2. The Labute approximate surface area is 173 Å². The van der Waals surface area contributed by atoms with Crippen LogP contribution in [0.25, 0.3) is 11.7 Å². The minimum atomic E-state index is -0.627. The van der Waals surface area contributed by atoms with Crippen molar-refractivity contribution < 1.29 is 19.1 Å². The summed E-state index contributed by atoms with van der Waals surface area (Å²) in [4.78, 5) is 31.8. The van der Waals surface area contributed by atoms with E-state index in [9.17, 15) is 14.0 Å². The number of benzene rings is 1. The number of aliphatic hydroxyl groups excluding tert-OH is 1. The monoisotopic (exact) mass is 432 g/mol. The SMILES string of the molecule is O=C1NC(=O)/C(=C/c2cnn3c(NCCO)nc(Nc4ccc(F)c(Cl)c4)nc23)N1. The number of nitrogens with zero attached hydrogens (tertiary/aromatic N) is 4. The van der Waals surface area contributed by atoms with Gasteiger partial charge in [-0.15, -0.1) is 0 Å². The zero-order chi connectivity index (χ0) is 21.3. The lowest BCUT2D eigenvalue weighted by molar-refractivity contribution is -0.115. The molecule has 1 aliphatic rings. The number of hydrogen-bond acceptors (Lipinski definition) is 8. The third-order valence-corrected chi connectivity index (χ3v) is 4.28. The van der Waals surface area contributed by atoms with Crippen LogP contribution in [0.3, 0.4) is 0 Å². The molecule has 3 amide bonds. The van der Waals surface area contributed by atoms with Crippen molar-refractivity contribution in [3.05, 3.63) is 46.5 Å². The normalized spacial score (nSPS) is 14.8. The second kappa shape index (κ2) is 7.93. The van der Waals surface area contributed by atoms with Gasteiger partial charge in [0.05, 0.1) is 17.8 Å². The van der Waals surface area contributed by atoms with Crippen LogP contribution < -0.4 is 21.3 Å². The predicted octanol–water partition coefficient (Wildman–Crippen LogP) is 1.24. The van der Waals surface area contributed by atoms with E-state index >= 15 is 0 Å². The molecule has 0 bridgehead atoms. The molecule has 0 spiro atoms. The van der Waals surface area contributed by atoms with Gasteiger partial charge in [0.15, 0.2) is 5.65 Å². The summed E-state index contributed by atoms with van der Waals surface area (Å²) in [5.41, 5.74) is 1.22. The van der Waals surface area contributed by atoms with E-state index in [4.69, 9.17) is 16.7 Å². The number of rotatable bonds is 6. The number of imide groups is 1. The Morgan fingerprint density at radius 2 is 2.10 bits per heavy atom. The van der Waals surface area contributed by atoms with Crippen molar-refractivity contribution in [1.29, 1.82) is 0 Å². The summed E-state index contributed by atoms with van der Waals surface area (Å²) in [6.45, 7) is 0.0505. The Bertz CT molecular complexity index is 1200. The van der Waals surface area contributed by atoms with Crippen molar-refractivity contribution in [2.45, 2.75) is 0 Å². The molecule has 0 atom stereocenters. The first-order valence-electron chi connectivity index (χ1n) is 8.61. The van der Waals surface area contributed by atoms with Crippen LogP contribution in [0.5, 0.6) is 0 Å². The van der Waals surface area contributed by atoms with Crippen molar-refractivity contribution >= 4 is 52.8 Å². The summed E-state index contributed by atoms with van der Waals surface area (Å²) in [5.74, 6) is -0.753. The van der Waals surface area contributed by atoms with Crippen molar-refractivity contribution in [2.75, 3.05) is 23.8 Å². The highest BCUT2D eigenvalue weighted by Gasteiger charge is 2.24. The van der Waals surface area contributed by atoms with Crippen LogP contribution in [-0.4, -0.2) is 49.8 Å². The zero-order valence-corrected chi connectivity index (χ0v) is 15.9. The first-order valence-corrected chi connectivity index (χ1v) is 8.99. The predicted molar refractivity (Wildman–Crippen MR) is 106 cm³/mol. The number of fused-ring (bicyclic) bond motifs is 1. The van der Waals surface area contributed by atoms with E-state index in [-0.39, 0.29) is 35.8 Å². The van der Waals surface area contributed by atoms with Gasteiger partial charge in [0, 0.05) is 17.8 Å². The molecular formula is C17H14ClFN8O3. The van der Waals surface area contributed by atoms with Crippen LogP contribution in [0.15, 0.2) is 30.1 Å². The fourth-order valence-electron chi connectivity index (χ4n) is 2.68. The Balaban J connectivity index is 1.76. The first kappa shape index (κ1) is 19.5. The van der Waals surface area contributed by atoms with E-state index in [1.807, 2.05) is 0 Å². The van der Waals surface area contributed by atoms with E-state index in [0.717, 1.165) is 0 Å². The van der Waals surface area contributed by atoms with Gasteiger partial charge >= 0.3 is 6.03 Å². The molecule has 1 saturated heterocycles. The topological polar surface area (TPSA) is 146 Å². The maximum atomic E-state index is 13.4. The van der Waals surface area contributed by atoms with Gasteiger partial charge in [-0.3, -0.25) is 10.1 Å². The lowest BCUT2D eigenvalue weighted by Crippen LogP contribution is -2.22. The average Bonchev–Trinajstić information content (AvgIpc) is 3.25. The quantitative estimate of drug-likeness (QED) is 0.289. The van der Waals surface area contributed by atoms with Crippen LogP contribution >= 0.6 is 11.6 Å². The molecule has 13 heteroatoms. The number of hydrogen-bond donors (Lipinski definition) is 5. The average molecular weight is 433 g/mol. The highest BCUT2D eigenvalue weighted by atomic mass is 35.5. The van der Waals surface area contributed by atoms with Gasteiger partial charge in [0.25, 0.3) is 5.91 Å². The summed E-state index contributed by atoms with van der Waals surface area (Å²) < 4.78 is 14.8. The first-order chi connectivity index (χ1) is 14.4. The summed E-state index contributed by atoms with van der Waals surface area (Å²) in [7, 11) is 0. The lowest BCUT2D eigenvalue weighted by Gasteiger charge is -2.10. The highest BCUT2D eigenvalue weighted by molar-refractivity contribution is 6.31. The fourth-order valence-corrected chi connectivity index (χ4v) is 2.86. The van der Waals surface area contributed by atoms with E-state index in [0.29, 0.717) is 16.9 Å². The van der Waals surface area contributed by atoms with Crippen molar-refractivity contribution in [2.24, 2.45) is 0 Å². The number of anilines is 3. The summed E-state index contributed by atoms with van der Waals surface area (Å²) in [6, 6.07) is 3.42. The third kappa shape index (κ3) is 3.86. The smallest absolute Gasteiger partial charge is 0.326 e. The van der Waals surface area contributed by atoms with Gasteiger partial charge < -0.3 is 21.1 Å². The Hall–Kier alpha value is -3.77. The van der Waals surface area contributed by atoms with Gasteiger partial charge in [0.1, 0.15) is 11.5 Å². The summed E-state index contributed by atoms with van der Waals surface area (Å²) >= 11 is 5.81. The Morgan fingerprint density at radius 1 is 1.27 bits per heavy atom. The third-order valence-electron chi connectivity index (χ3n) is 3.99. The van der Waals surface area contributed by atoms with Gasteiger partial charge in [-0.1, -0.05) is 11.6 Å². The Kier molecular flexibility index (Phi) is 5.16. The highest BCUT2D eigenvalue weighted by Crippen LogP contribution is 2.23. The molecule has 0 aliphatic carbocycles. The Morgan fingerprint density at radius 3 is 2.80 bits per heavy atom. The van der Waals surface area contributed by atoms with Gasteiger partial charge in [-0.2, -0.15) is 19.6 Å². The van der Waals surface area contributed by atoms with Crippen molar-refractivity contribution in [3.8, 4) is 0 Å². The number of carbonyl (C=O) groups is 2. The number of nitrogens with one attached hydrogen (secondary N) is 4. The number of amides is 3. The summed E-state index contributed by atoms with van der Waals surface area (Å²) in [6.07, 6.45) is 2.86. The molecule has 4 rings (SSSR count). The summed E-state index contributed by atoms with van der Waals surface area (Å²) in [5, 5.41) is 23.6. The van der Waals surface area contributed by atoms with Crippen LogP contribution in [-0.2, 0) is 4.79 Å². The molecule has 5 N–H and O–H groups in total. The number of urea groups is 1. The molecule has 30 heavy (non-hydrogen) atoms. The number of aliphatic hydroxyl groups is 1. The molecule has 0 unspecified atom stereocenters. The van der Waals surface area contributed by atoms with E-state index in [2.05, 4.69) is 36.3 Å². The van der Waals surface area contributed by atoms with Crippen LogP contribution in [0.2, 0.25) is 5.02 Å². The maximum Gasteiger partial charge on any atom is 0.326 e. The van der Waals surface area contributed by atoms with Crippen molar-refractivity contribution in [1.82, 2.24) is 30.2 Å². The second-order valence-corrected chi connectivity index (χ2v) is 6.48. The molecule has 11 nitrogen and oxygen atoms in total. The maximum absolute atomic E-state index is 13.4. The molecule has 0 radical (unpaired) electrons. The molecule has 3 aromatic rings. The van der Waals surface area contributed by atoms with Crippen LogP contribution in [0, 0.1) is 5.82 Å². The molecule has 1 aromatic carbocycles. The van der Waals surface area contributed by atoms with E-state index in [1.54, 1.807) is 0 Å². The largest absolute Gasteiger partial charge is 0.395 e. The van der Waals surface area contributed by atoms with Crippen LogP contribution in [0.1, 0.15) is 5.56 Å². The molecule has 154 valence electrons. The second-order valence-electron chi connectivity index (χ2n) is 6.08. The molecule has 3 heterocycles. The van der Waals surface area contributed by atoms with E-state index in [1.165, 1.54) is 35.0 Å². The minimum Gasteiger partial charge on any atom is -0.395 e. The van der Waals surface area contributed by atoms with Crippen LogP contribution in [0.4, 0.5) is 26.8 Å². The molecule has 1 aliphatic heterocycles. The van der Waals surface area contributed by atoms with Crippen molar-refractivity contribution in [3.63, 3.8) is 0 Å². The molecular weight excluding hydrogens is 419 g/mol. The fraction of sp³-hybridized carbons (Fsp3) is 0.118. The molecule has 1 fully saturated rings. The number of halogens is 2. The van der Waals surface area contributed by atoms with Gasteiger partial charge in [-0.05, 0) is 24.3 Å². The molecule has 0 saturated carbocycles. The van der Waals surface area contributed by atoms with Gasteiger partial charge in [0.2, 0.25) is 11.9 Å².